The van der Waals surface area contributed by atoms with Gasteiger partial charge >= 0.3 is 0 Å². The van der Waals surface area contributed by atoms with Crippen LogP contribution in [0.5, 0.6) is 0 Å². The molecule has 1 amide bonds. The van der Waals surface area contributed by atoms with Crippen molar-refractivity contribution in [1.82, 2.24) is 4.98 Å². The van der Waals surface area contributed by atoms with Crippen LogP contribution >= 0.6 is 23.4 Å². The number of hydrogen-bond donors (Lipinski definition) is 2. The SMILES string of the molecule is C[C@H](Sc1ncccc1Cl)C(=O)Nc1cccc(S(N)(=O)=O)c1. The van der Waals surface area contributed by atoms with Gasteiger partial charge in [-0.15, -0.1) is 0 Å². The molecule has 23 heavy (non-hydrogen) atoms. The summed E-state index contributed by atoms with van der Waals surface area (Å²) in [5.41, 5.74) is 0.348. The average molecular weight is 372 g/mol. The molecule has 3 N–H and O–H groups in total. The lowest BCUT2D eigenvalue weighted by Gasteiger charge is -2.12. The van der Waals surface area contributed by atoms with Gasteiger partial charge in [0.05, 0.1) is 15.2 Å². The summed E-state index contributed by atoms with van der Waals surface area (Å²) >= 11 is 7.22. The molecule has 0 unspecified atom stereocenters. The van der Waals surface area contributed by atoms with Crippen LogP contribution in [0.1, 0.15) is 6.92 Å². The third-order valence-corrected chi connectivity index (χ3v) is 5.26. The Morgan fingerprint density at radius 2 is 2.09 bits per heavy atom. The van der Waals surface area contributed by atoms with Crippen molar-refractivity contribution in [3.63, 3.8) is 0 Å². The molecule has 1 aromatic heterocycles. The van der Waals surface area contributed by atoms with Crippen LogP contribution in [-0.4, -0.2) is 24.6 Å². The topological polar surface area (TPSA) is 102 Å². The number of nitrogens with two attached hydrogens (primary N) is 1. The number of primary sulfonamides is 1. The van der Waals surface area contributed by atoms with Crippen molar-refractivity contribution in [2.24, 2.45) is 5.14 Å². The molecular weight excluding hydrogens is 358 g/mol. The van der Waals surface area contributed by atoms with E-state index in [9.17, 15) is 13.2 Å². The second-order valence-corrected chi connectivity index (χ2v) is 7.91. The van der Waals surface area contributed by atoms with Gasteiger partial charge < -0.3 is 5.32 Å². The Labute approximate surface area is 143 Å². The molecule has 1 aromatic carbocycles. The van der Waals surface area contributed by atoms with Gasteiger partial charge in [-0.2, -0.15) is 0 Å². The Bertz CT molecular complexity index is 828. The minimum atomic E-state index is -3.82. The molecule has 2 rings (SSSR count). The number of thioether (sulfide) groups is 1. The number of rotatable bonds is 5. The van der Waals surface area contributed by atoms with Crippen molar-refractivity contribution in [3.8, 4) is 0 Å². The van der Waals surface area contributed by atoms with Gasteiger partial charge in [0.1, 0.15) is 5.03 Å². The van der Waals surface area contributed by atoms with Gasteiger partial charge in [-0.1, -0.05) is 29.4 Å². The molecule has 0 aliphatic heterocycles. The van der Waals surface area contributed by atoms with Crippen molar-refractivity contribution in [3.05, 3.63) is 47.6 Å². The second kappa shape index (κ2) is 7.31. The predicted octanol–water partition coefficient (Wildman–Crippen LogP) is 2.50. The number of halogens is 1. The highest BCUT2D eigenvalue weighted by atomic mass is 35.5. The standard InChI is InChI=1S/C14H14ClN3O3S2/c1-9(22-14-12(15)6-3-7-17-14)13(19)18-10-4-2-5-11(8-10)23(16,20)21/h2-9H,1H3,(H,18,19)(H2,16,20,21)/t9-/m0/s1. The van der Waals surface area contributed by atoms with Gasteiger partial charge in [0, 0.05) is 11.9 Å². The van der Waals surface area contributed by atoms with Crippen LogP contribution in [0.3, 0.4) is 0 Å². The molecule has 0 saturated carbocycles. The van der Waals surface area contributed by atoms with E-state index in [2.05, 4.69) is 10.3 Å². The van der Waals surface area contributed by atoms with Crippen LogP contribution in [0.25, 0.3) is 0 Å². The van der Waals surface area contributed by atoms with Crippen LogP contribution < -0.4 is 10.5 Å². The first-order valence-corrected chi connectivity index (χ1v) is 9.28. The first-order chi connectivity index (χ1) is 10.8. The maximum absolute atomic E-state index is 12.2. The average Bonchev–Trinajstić information content (AvgIpc) is 2.49. The number of nitrogens with zero attached hydrogens (tertiary/aromatic N) is 1. The van der Waals surface area contributed by atoms with Crippen molar-refractivity contribution < 1.29 is 13.2 Å². The second-order valence-electron chi connectivity index (χ2n) is 4.61. The molecule has 9 heteroatoms. The zero-order valence-electron chi connectivity index (χ0n) is 12.1. The summed E-state index contributed by atoms with van der Waals surface area (Å²) in [6.45, 7) is 1.70. The van der Waals surface area contributed by atoms with E-state index >= 15 is 0 Å². The maximum Gasteiger partial charge on any atom is 0.238 e. The molecule has 1 atom stereocenters. The molecule has 0 bridgehead atoms. The fourth-order valence-electron chi connectivity index (χ4n) is 1.67. The van der Waals surface area contributed by atoms with Crippen molar-refractivity contribution in [1.29, 1.82) is 0 Å². The van der Waals surface area contributed by atoms with Gasteiger partial charge in [-0.05, 0) is 37.3 Å². The molecule has 1 heterocycles. The molecule has 6 nitrogen and oxygen atoms in total. The summed E-state index contributed by atoms with van der Waals surface area (Å²) in [6, 6.07) is 9.14. The van der Waals surface area contributed by atoms with Crippen LogP contribution in [0.2, 0.25) is 5.02 Å². The van der Waals surface area contributed by atoms with E-state index in [0.29, 0.717) is 15.7 Å². The van der Waals surface area contributed by atoms with Crippen LogP contribution in [-0.2, 0) is 14.8 Å². The van der Waals surface area contributed by atoms with Crippen LogP contribution in [0.4, 0.5) is 5.69 Å². The fraction of sp³-hybridized carbons (Fsp3) is 0.143. The summed E-state index contributed by atoms with van der Waals surface area (Å²) in [5, 5.41) is 8.26. The molecule has 0 fully saturated rings. The number of carbonyl (C=O) groups excluding carboxylic acids is 1. The Hall–Kier alpha value is -1.61. The van der Waals surface area contributed by atoms with E-state index in [4.69, 9.17) is 16.7 Å². The molecule has 122 valence electrons. The molecule has 0 radical (unpaired) electrons. The number of aromatic nitrogens is 1. The third-order valence-electron chi connectivity index (χ3n) is 2.81. The quantitative estimate of drug-likeness (QED) is 0.786. The highest BCUT2D eigenvalue weighted by Gasteiger charge is 2.17. The molecular formula is C14H14ClN3O3S2. The number of hydrogen-bond acceptors (Lipinski definition) is 5. The Kier molecular flexibility index (Phi) is 5.64. The van der Waals surface area contributed by atoms with Gasteiger partial charge in [0.25, 0.3) is 0 Å². The smallest absolute Gasteiger partial charge is 0.238 e. The lowest BCUT2D eigenvalue weighted by molar-refractivity contribution is -0.115. The normalized spacial score (nSPS) is 12.7. The number of amides is 1. The maximum atomic E-state index is 12.2. The van der Waals surface area contributed by atoms with E-state index in [0.717, 1.165) is 0 Å². The van der Waals surface area contributed by atoms with Crippen LogP contribution in [0.15, 0.2) is 52.5 Å². The summed E-state index contributed by atoms with van der Waals surface area (Å²) < 4.78 is 22.6. The Morgan fingerprint density at radius 3 is 2.74 bits per heavy atom. The van der Waals surface area contributed by atoms with E-state index in [1.165, 1.54) is 30.0 Å². The van der Waals surface area contributed by atoms with Crippen molar-refractivity contribution in [2.75, 3.05) is 5.32 Å². The first kappa shape index (κ1) is 17.7. The molecule has 0 aliphatic carbocycles. The number of sulfonamides is 1. The summed E-state index contributed by atoms with van der Waals surface area (Å²) in [5.74, 6) is -0.303. The fourth-order valence-corrected chi connectivity index (χ4v) is 3.29. The summed E-state index contributed by atoms with van der Waals surface area (Å²) in [4.78, 5) is 16.2. The zero-order valence-corrected chi connectivity index (χ0v) is 14.5. The highest BCUT2D eigenvalue weighted by Crippen LogP contribution is 2.28. The van der Waals surface area contributed by atoms with E-state index in [-0.39, 0.29) is 10.8 Å². The molecule has 2 aromatic rings. The largest absolute Gasteiger partial charge is 0.325 e. The Balaban J connectivity index is 2.08. The van der Waals surface area contributed by atoms with E-state index in [1.54, 1.807) is 31.3 Å². The van der Waals surface area contributed by atoms with E-state index in [1.807, 2.05) is 0 Å². The Morgan fingerprint density at radius 1 is 1.35 bits per heavy atom. The van der Waals surface area contributed by atoms with Gasteiger partial charge in [-0.3, -0.25) is 4.79 Å². The molecule has 0 spiro atoms. The zero-order chi connectivity index (χ0) is 17.0. The van der Waals surface area contributed by atoms with Crippen molar-refractivity contribution >= 4 is 45.0 Å². The van der Waals surface area contributed by atoms with Gasteiger partial charge in [-0.25, -0.2) is 18.5 Å². The number of carbonyl (C=O) groups is 1. The number of benzene rings is 1. The van der Waals surface area contributed by atoms with Crippen LogP contribution in [0, 0.1) is 0 Å². The van der Waals surface area contributed by atoms with E-state index < -0.39 is 15.3 Å². The molecule has 0 aliphatic rings. The number of pyridine rings is 1. The predicted molar refractivity (Wildman–Crippen MR) is 91.0 cm³/mol. The number of anilines is 1. The molecule has 0 saturated heterocycles. The summed E-state index contributed by atoms with van der Waals surface area (Å²) in [6.07, 6.45) is 1.59. The lowest BCUT2D eigenvalue weighted by Crippen LogP contribution is -2.23. The highest BCUT2D eigenvalue weighted by molar-refractivity contribution is 8.00. The lowest BCUT2D eigenvalue weighted by atomic mass is 10.3. The third kappa shape index (κ3) is 4.93. The minimum Gasteiger partial charge on any atom is -0.325 e. The number of nitrogens with one attached hydrogen (secondary N) is 1. The van der Waals surface area contributed by atoms with Gasteiger partial charge in [0.2, 0.25) is 15.9 Å². The van der Waals surface area contributed by atoms with Gasteiger partial charge in [0.15, 0.2) is 0 Å². The van der Waals surface area contributed by atoms with Crippen molar-refractivity contribution in [2.45, 2.75) is 22.1 Å². The summed E-state index contributed by atoms with van der Waals surface area (Å²) in [7, 11) is -3.82. The minimum absolute atomic E-state index is 0.0663. The monoisotopic (exact) mass is 371 g/mol. The first-order valence-electron chi connectivity index (χ1n) is 6.48.